The first kappa shape index (κ1) is 14.6. The maximum absolute atomic E-state index is 12.3. The summed E-state index contributed by atoms with van der Waals surface area (Å²) >= 11 is 1.29. The van der Waals surface area contributed by atoms with Gasteiger partial charge >= 0.3 is 6.03 Å². The number of fused-ring (bicyclic) bond motifs is 1. The number of aromatic nitrogens is 2. The molecule has 116 valence electrons. The van der Waals surface area contributed by atoms with E-state index in [1.165, 1.54) is 16.9 Å². The SMILES string of the molecule is COc1cc2c(cc1OC)CN(C(=O)Nc1nncs1)CC2. The van der Waals surface area contributed by atoms with Gasteiger partial charge in [0.1, 0.15) is 5.51 Å². The average molecular weight is 320 g/mol. The summed E-state index contributed by atoms with van der Waals surface area (Å²) in [4.78, 5) is 14.0. The van der Waals surface area contributed by atoms with Crippen molar-refractivity contribution >= 4 is 22.5 Å². The molecule has 8 heteroatoms. The molecule has 0 saturated heterocycles. The van der Waals surface area contributed by atoms with Crippen molar-refractivity contribution in [2.24, 2.45) is 0 Å². The normalized spacial score (nSPS) is 13.5. The van der Waals surface area contributed by atoms with E-state index in [0.717, 1.165) is 12.0 Å². The molecule has 2 heterocycles. The Kier molecular flexibility index (Phi) is 4.10. The third-order valence-corrected chi connectivity index (χ3v) is 4.19. The fraction of sp³-hybridized carbons (Fsp3) is 0.357. The lowest BCUT2D eigenvalue weighted by molar-refractivity contribution is 0.206. The van der Waals surface area contributed by atoms with Crippen LogP contribution in [-0.4, -0.2) is 41.9 Å². The summed E-state index contributed by atoms with van der Waals surface area (Å²) in [5, 5.41) is 10.8. The summed E-state index contributed by atoms with van der Waals surface area (Å²) in [7, 11) is 3.22. The van der Waals surface area contributed by atoms with Crippen molar-refractivity contribution in [1.82, 2.24) is 15.1 Å². The van der Waals surface area contributed by atoms with Gasteiger partial charge in [-0.2, -0.15) is 0 Å². The van der Waals surface area contributed by atoms with Crippen molar-refractivity contribution in [1.29, 1.82) is 0 Å². The Labute approximate surface area is 131 Å². The number of carbonyl (C=O) groups excluding carboxylic acids is 1. The van der Waals surface area contributed by atoms with Gasteiger partial charge in [0.2, 0.25) is 5.13 Å². The zero-order chi connectivity index (χ0) is 15.5. The monoisotopic (exact) mass is 320 g/mol. The molecule has 22 heavy (non-hydrogen) atoms. The Morgan fingerprint density at radius 1 is 1.27 bits per heavy atom. The van der Waals surface area contributed by atoms with Crippen LogP contribution in [0.3, 0.4) is 0 Å². The standard InChI is InChI=1S/C14H16N4O3S/c1-20-11-5-9-3-4-18(7-10(9)6-12(11)21-2)14(19)16-13-17-15-8-22-13/h5-6,8H,3-4,7H2,1-2H3,(H,16,17,19). The van der Waals surface area contributed by atoms with Crippen LogP contribution in [0.25, 0.3) is 0 Å². The number of hydrogen-bond acceptors (Lipinski definition) is 6. The number of rotatable bonds is 3. The summed E-state index contributed by atoms with van der Waals surface area (Å²) < 4.78 is 10.6. The Bertz CT molecular complexity index is 675. The summed E-state index contributed by atoms with van der Waals surface area (Å²) in [6, 6.07) is 3.74. The van der Waals surface area contributed by atoms with Crippen molar-refractivity contribution in [3.8, 4) is 11.5 Å². The lowest BCUT2D eigenvalue weighted by Crippen LogP contribution is -2.38. The van der Waals surface area contributed by atoms with E-state index in [1.54, 1.807) is 24.6 Å². The molecule has 0 spiro atoms. The zero-order valence-electron chi connectivity index (χ0n) is 12.3. The van der Waals surface area contributed by atoms with Crippen LogP contribution in [0, 0.1) is 0 Å². The smallest absolute Gasteiger partial charge is 0.324 e. The highest BCUT2D eigenvalue weighted by Crippen LogP contribution is 2.33. The lowest BCUT2D eigenvalue weighted by atomic mass is 9.99. The minimum absolute atomic E-state index is 0.169. The Balaban J connectivity index is 1.76. The fourth-order valence-electron chi connectivity index (χ4n) is 2.45. The number of anilines is 1. The molecule has 0 bridgehead atoms. The van der Waals surface area contributed by atoms with Crippen LogP contribution < -0.4 is 14.8 Å². The summed E-state index contributed by atoms with van der Waals surface area (Å²) in [6.07, 6.45) is 0.777. The second-order valence-electron chi connectivity index (χ2n) is 4.82. The molecule has 2 aromatic rings. The van der Waals surface area contributed by atoms with Crippen LogP contribution in [0.5, 0.6) is 11.5 Å². The number of carbonyl (C=O) groups is 1. The molecule has 1 aliphatic rings. The van der Waals surface area contributed by atoms with Crippen molar-refractivity contribution in [2.75, 3.05) is 26.1 Å². The molecule has 0 saturated carbocycles. The number of urea groups is 1. The second-order valence-corrected chi connectivity index (χ2v) is 5.65. The first-order chi connectivity index (χ1) is 10.7. The average Bonchev–Trinajstić information content (AvgIpc) is 3.05. The topological polar surface area (TPSA) is 76.6 Å². The molecule has 1 aromatic carbocycles. The number of ether oxygens (including phenoxy) is 2. The van der Waals surface area contributed by atoms with Gasteiger partial charge in [-0.15, -0.1) is 10.2 Å². The van der Waals surface area contributed by atoms with Gasteiger partial charge in [0.25, 0.3) is 0 Å². The summed E-state index contributed by atoms with van der Waals surface area (Å²) in [6.45, 7) is 1.17. The van der Waals surface area contributed by atoms with Crippen LogP contribution >= 0.6 is 11.3 Å². The molecule has 0 atom stereocenters. The van der Waals surface area contributed by atoms with Crippen LogP contribution in [-0.2, 0) is 13.0 Å². The molecule has 1 aromatic heterocycles. The highest BCUT2D eigenvalue weighted by Gasteiger charge is 2.23. The zero-order valence-corrected chi connectivity index (χ0v) is 13.1. The van der Waals surface area contributed by atoms with Gasteiger partial charge in [-0.25, -0.2) is 4.79 Å². The van der Waals surface area contributed by atoms with E-state index in [0.29, 0.717) is 29.7 Å². The quantitative estimate of drug-likeness (QED) is 0.937. The number of benzene rings is 1. The first-order valence-corrected chi connectivity index (χ1v) is 7.65. The van der Waals surface area contributed by atoms with E-state index in [2.05, 4.69) is 15.5 Å². The number of amides is 2. The Morgan fingerprint density at radius 3 is 2.64 bits per heavy atom. The molecular weight excluding hydrogens is 304 g/mol. The molecule has 2 amide bonds. The van der Waals surface area contributed by atoms with Crippen molar-refractivity contribution < 1.29 is 14.3 Å². The molecule has 7 nitrogen and oxygen atoms in total. The second kappa shape index (κ2) is 6.18. The van der Waals surface area contributed by atoms with E-state index in [9.17, 15) is 4.79 Å². The Morgan fingerprint density at radius 2 is 2.00 bits per heavy atom. The van der Waals surface area contributed by atoms with Gasteiger partial charge < -0.3 is 14.4 Å². The first-order valence-electron chi connectivity index (χ1n) is 6.77. The molecule has 0 aliphatic carbocycles. The Hall–Kier alpha value is -2.35. The minimum Gasteiger partial charge on any atom is -0.493 e. The molecular formula is C14H16N4O3S. The predicted molar refractivity (Wildman–Crippen MR) is 82.6 cm³/mol. The highest BCUT2D eigenvalue weighted by molar-refractivity contribution is 7.13. The maximum atomic E-state index is 12.3. The largest absolute Gasteiger partial charge is 0.493 e. The molecule has 3 rings (SSSR count). The van der Waals surface area contributed by atoms with Gasteiger partial charge in [0.05, 0.1) is 14.2 Å². The minimum atomic E-state index is -0.169. The van der Waals surface area contributed by atoms with E-state index in [4.69, 9.17) is 9.47 Å². The van der Waals surface area contributed by atoms with Gasteiger partial charge in [0, 0.05) is 13.1 Å². The maximum Gasteiger partial charge on any atom is 0.324 e. The number of hydrogen-bond donors (Lipinski definition) is 1. The van der Waals surface area contributed by atoms with Crippen LogP contribution in [0.4, 0.5) is 9.93 Å². The van der Waals surface area contributed by atoms with Crippen LogP contribution in [0.15, 0.2) is 17.6 Å². The van der Waals surface area contributed by atoms with Crippen LogP contribution in [0.1, 0.15) is 11.1 Å². The molecule has 0 fully saturated rings. The molecule has 0 radical (unpaired) electrons. The molecule has 1 aliphatic heterocycles. The van der Waals surface area contributed by atoms with Gasteiger partial charge in [0.15, 0.2) is 11.5 Å². The van der Waals surface area contributed by atoms with Gasteiger partial charge in [-0.1, -0.05) is 11.3 Å². The van der Waals surface area contributed by atoms with E-state index in [-0.39, 0.29) is 6.03 Å². The van der Waals surface area contributed by atoms with Gasteiger partial charge in [-0.05, 0) is 29.7 Å². The molecule has 0 unspecified atom stereocenters. The van der Waals surface area contributed by atoms with Crippen LogP contribution in [0.2, 0.25) is 0 Å². The predicted octanol–water partition coefficient (Wildman–Crippen LogP) is 2.15. The summed E-state index contributed by atoms with van der Waals surface area (Å²) in [5.41, 5.74) is 3.83. The summed E-state index contributed by atoms with van der Waals surface area (Å²) in [5.74, 6) is 1.39. The van der Waals surface area contributed by atoms with Crippen molar-refractivity contribution in [3.63, 3.8) is 0 Å². The van der Waals surface area contributed by atoms with E-state index < -0.39 is 0 Å². The molecule has 1 N–H and O–H groups in total. The fourth-order valence-corrected chi connectivity index (χ4v) is 2.89. The number of methoxy groups -OCH3 is 2. The van der Waals surface area contributed by atoms with Crippen molar-refractivity contribution in [3.05, 3.63) is 28.8 Å². The number of nitrogens with one attached hydrogen (secondary N) is 1. The highest BCUT2D eigenvalue weighted by atomic mass is 32.1. The van der Waals surface area contributed by atoms with E-state index in [1.807, 2.05) is 12.1 Å². The van der Waals surface area contributed by atoms with E-state index >= 15 is 0 Å². The third kappa shape index (κ3) is 2.82. The lowest BCUT2D eigenvalue weighted by Gasteiger charge is -2.29. The number of nitrogens with zero attached hydrogens (tertiary/aromatic N) is 3. The third-order valence-electron chi connectivity index (χ3n) is 3.58. The van der Waals surface area contributed by atoms with Gasteiger partial charge in [-0.3, -0.25) is 5.32 Å². The van der Waals surface area contributed by atoms with Crippen molar-refractivity contribution in [2.45, 2.75) is 13.0 Å².